The minimum Gasteiger partial charge on any atom is -0.477 e. The topological polar surface area (TPSA) is 94.0 Å². The predicted molar refractivity (Wildman–Crippen MR) is 95.1 cm³/mol. The molecular weight excluding hydrogens is 334 g/mol. The molecule has 0 aliphatic carbocycles. The van der Waals surface area contributed by atoms with Crippen molar-refractivity contribution in [2.24, 2.45) is 11.8 Å². The lowest BCUT2D eigenvalue weighted by Crippen LogP contribution is -2.63. The third-order valence-corrected chi connectivity index (χ3v) is 5.43. The number of β-lactam (4-membered cyclic amide) rings is 1. The molecule has 0 saturated carbocycles. The number of rotatable bonds is 7. The van der Waals surface area contributed by atoms with E-state index >= 15 is 0 Å². The lowest BCUT2D eigenvalue weighted by Gasteiger charge is -2.46. The first-order chi connectivity index (χ1) is 12.3. The second-order valence-corrected chi connectivity index (χ2v) is 7.24. The number of carbonyl (C=O) groups is 2. The van der Waals surface area contributed by atoms with E-state index in [-0.39, 0.29) is 23.6 Å². The number of carboxylic acid groups (broad SMARTS) is 1. The lowest BCUT2D eigenvalue weighted by atomic mass is 9.77. The molecule has 1 amide bonds. The van der Waals surface area contributed by atoms with E-state index in [1.165, 1.54) is 4.90 Å². The Morgan fingerprint density at radius 2 is 2.15 bits per heavy atom. The van der Waals surface area contributed by atoms with Gasteiger partial charge in [-0.1, -0.05) is 13.0 Å². The Labute approximate surface area is 152 Å². The molecule has 7 nitrogen and oxygen atoms in total. The fourth-order valence-electron chi connectivity index (χ4n) is 4.07. The van der Waals surface area contributed by atoms with Gasteiger partial charge in [0, 0.05) is 37.3 Å². The average Bonchev–Trinajstić information content (AvgIpc) is 2.83. The maximum atomic E-state index is 12.3. The molecule has 1 aromatic heterocycles. The van der Waals surface area contributed by atoms with Crippen LogP contribution in [0.2, 0.25) is 0 Å². The van der Waals surface area contributed by atoms with Crippen LogP contribution in [-0.2, 0) is 16.0 Å². The lowest BCUT2D eigenvalue weighted by molar-refractivity contribution is -0.163. The van der Waals surface area contributed by atoms with Gasteiger partial charge in [0.2, 0.25) is 5.91 Å². The molecule has 1 fully saturated rings. The van der Waals surface area contributed by atoms with Gasteiger partial charge in [-0.15, -0.1) is 0 Å². The molecule has 26 heavy (non-hydrogen) atoms. The number of carboxylic acids is 1. The van der Waals surface area contributed by atoms with Crippen LogP contribution in [0.4, 0.5) is 0 Å². The third-order valence-electron chi connectivity index (χ3n) is 5.43. The maximum absolute atomic E-state index is 12.3. The van der Waals surface area contributed by atoms with E-state index in [1.807, 2.05) is 32.2 Å². The summed E-state index contributed by atoms with van der Waals surface area (Å²) >= 11 is 0. The van der Waals surface area contributed by atoms with Gasteiger partial charge in [-0.05, 0) is 31.7 Å². The summed E-state index contributed by atoms with van der Waals surface area (Å²) in [6.45, 7) is 4.74. The molecule has 4 atom stereocenters. The van der Waals surface area contributed by atoms with Crippen LogP contribution in [0.25, 0.3) is 0 Å². The highest BCUT2D eigenvalue weighted by Crippen LogP contribution is 2.47. The average molecular weight is 359 g/mol. The van der Waals surface area contributed by atoms with Gasteiger partial charge >= 0.3 is 5.97 Å². The SMILES string of the molecule is C[C@H]1C(CN(C)CCc2ccccn2)=C(C(=O)O)N2C(=O)[C@H]([C@@H](C)O)C12. The summed E-state index contributed by atoms with van der Waals surface area (Å²) in [5.41, 5.74) is 1.83. The number of aliphatic hydroxyl groups is 1. The first-order valence-electron chi connectivity index (χ1n) is 8.88. The number of hydrogen-bond donors (Lipinski definition) is 2. The van der Waals surface area contributed by atoms with E-state index in [2.05, 4.69) is 9.88 Å². The summed E-state index contributed by atoms with van der Waals surface area (Å²) < 4.78 is 0. The van der Waals surface area contributed by atoms with Crippen molar-refractivity contribution in [2.75, 3.05) is 20.1 Å². The van der Waals surface area contributed by atoms with Crippen LogP contribution in [0, 0.1) is 11.8 Å². The highest BCUT2D eigenvalue weighted by Gasteiger charge is 2.59. The Morgan fingerprint density at radius 3 is 2.73 bits per heavy atom. The van der Waals surface area contributed by atoms with E-state index in [1.54, 1.807) is 13.1 Å². The van der Waals surface area contributed by atoms with Crippen LogP contribution in [-0.4, -0.2) is 69.2 Å². The van der Waals surface area contributed by atoms with Crippen molar-refractivity contribution in [3.8, 4) is 0 Å². The number of hydrogen-bond acceptors (Lipinski definition) is 5. The fraction of sp³-hybridized carbons (Fsp3) is 0.526. The Balaban J connectivity index is 1.73. The molecule has 1 unspecified atom stereocenters. The summed E-state index contributed by atoms with van der Waals surface area (Å²) in [6.07, 6.45) is 1.75. The first-order valence-corrected chi connectivity index (χ1v) is 8.88. The molecular formula is C19H25N3O4. The van der Waals surface area contributed by atoms with Gasteiger partial charge in [0.1, 0.15) is 5.70 Å². The standard InChI is InChI=1S/C19H25N3O4/c1-11-14(10-21(3)9-7-13-6-4-5-8-20-13)17(19(25)26)22-16(11)15(12(2)23)18(22)24/h4-6,8,11-12,15-16,23H,7,9-10H2,1-3H3,(H,25,26)/t11-,12+,15+,16?/m0/s1. The summed E-state index contributed by atoms with van der Waals surface area (Å²) in [6, 6.07) is 5.52. The van der Waals surface area contributed by atoms with E-state index in [4.69, 9.17) is 0 Å². The molecule has 1 saturated heterocycles. The molecule has 3 rings (SSSR count). The molecule has 2 N–H and O–H groups in total. The van der Waals surface area contributed by atoms with Crippen LogP contribution in [0.1, 0.15) is 19.5 Å². The number of pyridine rings is 1. The minimum atomic E-state index is -1.08. The second kappa shape index (κ2) is 7.17. The van der Waals surface area contributed by atoms with Crippen LogP contribution < -0.4 is 0 Å². The molecule has 2 aliphatic heterocycles. The van der Waals surface area contributed by atoms with Gasteiger partial charge in [-0.3, -0.25) is 9.78 Å². The van der Waals surface area contributed by atoms with E-state index in [9.17, 15) is 19.8 Å². The fourth-order valence-corrected chi connectivity index (χ4v) is 4.07. The molecule has 2 aliphatic rings. The number of likely N-dealkylation sites (N-methyl/N-ethyl adjacent to an activating group) is 1. The van der Waals surface area contributed by atoms with E-state index in [0.717, 1.165) is 24.2 Å². The molecule has 0 bridgehead atoms. The maximum Gasteiger partial charge on any atom is 0.352 e. The molecule has 3 heterocycles. The summed E-state index contributed by atoms with van der Waals surface area (Å²) in [4.78, 5) is 31.8. The van der Waals surface area contributed by atoms with Gasteiger partial charge in [-0.25, -0.2) is 4.79 Å². The molecule has 0 radical (unpaired) electrons. The Bertz CT molecular complexity index is 732. The number of fused-ring (bicyclic) bond motifs is 1. The largest absolute Gasteiger partial charge is 0.477 e. The van der Waals surface area contributed by atoms with Crippen molar-refractivity contribution in [3.05, 3.63) is 41.4 Å². The van der Waals surface area contributed by atoms with Crippen molar-refractivity contribution < 1.29 is 19.8 Å². The number of aliphatic carboxylic acids is 1. The Morgan fingerprint density at radius 1 is 1.42 bits per heavy atom. The summed E-state index contributed by atoms with van der Waals surface area (Å²) in [5.74, 6) is -1.98. The molecule has 0 aromatic carbocycles. The van der Waals surface area contributed by atoms with Crippen LogP contribution in [0.3, 0.4) is 0 Å². The van der Waals surface area contributed by atoms with Crippen molar-refractivity contribution in [3.63, 3.8) is 0 Å². The second-order valence-electron chi connectivity index (χ2n) is 7.24. The molecule has 7 heteroatoms. The predicted octanol–water partition coefficient (Wildman–Crippen LogP) is 0.752. The zero-order valence-electron chi connectivity index (χ0n) is 15.3. The number of aromatic nitrogens is 1. The molecule has 0 spiro atoms. The zero-order valence-corrected chi connectivity index (χ0v) is 15.3. The minimum absolute atomic E-state index is 0.0873. The quantitative estimate of drug-likeness (QED) is 0.698. The van der Waals surface area contributed by atoms with Gasteiger partial charge in [0.05, 0.1) is 18.1 Å². The summed E-state index contributed by atoms with van der Waals surface area (Å²) in [5, 5.41) is 19.5. The van der Waals surface area contributed by atoms with Crippen molar-refractivity contribution in [1.82, 2.24) is 14.8 Å². The van der Waals surface area contributed by atoms with Gasteiger partial charge in [0.25, 0.3) is 0 Å². The number of amides is 1. The van der Waals surface area contributed by atoms with Crippen molar-refractivity contribution in [1.29, 1.82) is 0 Å². The number of carbonyl (C=O) groups excluding carboxylic acids is 1. The van der Waals surface area contributed by atoms with Crippen molar-refractivity contribution in [2.45, 2.75) is 32.4 Å². The monoisotopic (exact) mass is 359 g/mol. The Hall–Kier alpha value is -2.25. The van der Waals surface area contributed by atoms with Gasteiger partial charge < -0.3 is 20.0 Å². The Kier molecular flexibility index (Phi) is 5.11. The van der Waals surface area contributed by atoms with E-state index < -0.39 is 18.0 Å². The highest BCUT2D eigenvalue weighted by molar-refractivity contribution is 6.00. The van der Waals surface area contributed by atoms with Gasteiger partial charge in [-0.2, -0.15) is 0 Å². The molecule has 1 aromatic rings. The first kappa shape index (κ1) is 18.5. The van der Waals surface area contributed by atoms with Gasteiger partial charge in [0.15, 0.2) is 0 Å². The third kappa shape index (κ3) is 3.12. The molecule has 140 valence electrons. The summed E-state index contributed by atoms with van der Waals surface area (Å²) in [7, 11) is 1.94. The number of aliphatic hydroxyl groups excluding tert-OH is 1. The van der Waals surface area contributed by atoms with Crippen LogP contribution in [0.5, 0.6) is 0 Å². The highest BCUT2D eigenvalue weighted by atomic mass is 16.4. The number of nitrogens with zero attached hydrogens (tertiary/aromatic N) is 3. The van der Waals surface area contributed by atoms with Crippen molar-refractivity contribution >= 4 is 11.9 Å². The normalized spacial score (nSPS) is 26.1. The van der Waals surface area contributed by atoms with E-state index in [0.29, 0.717) is 6.54 Å². The zero-order chi connectivity index (χ0) is 19.0. The van der Waals surface area contributed by atoms with Crippen LogP contribution >= 0.6 is 0 Å². The smallest absolute Gasteiger partial charge is 0.352 e. The van der Waals surface area contributed by atoms with Crippen LogP contribution in [0.15, 0.2) is 35.7 Å².